The molecule has 0 aliphatic heterocycles. The molecule has 2 heterocycles. The lowest BCUT2D eigenvalue weighted by molar-refractivity contribution is 0.0689. The molecule has 1 N–H and O–H groups in total. The second-order valence-electron chi connectivity index (χ2n) is 2.65. The number of fused-ring (bicyclic) bond motifs is 1. The molecule has 0 aliphatic carbocycles. The molecule has 14 heavy (non-hydrogen) atoms. The van der Waals surface area contributed by atoms with Crippen LogP contribution in [0.25, 0.3) is 5.65 Å². The lowest BCUT2D eigenvalue weighted by atomic mass is 10.4. The van der Waals surface area contributed by atoms with Gasteiger partial charge in [-0.3, -0.25) is 4.40 Å². The highest BCUT2D eigenvalue weighted by molar-refractivity contribution is 6.33. The van der Waals surface area contributed by atoms with Crippen molar-refractivity contribution in [3.63, 3.8) is 0 Å². The number of nitrogens with zero attached hydrogens (tertiary/aromatic N) is 2. The van der Waals surface area contributed by atoms with Gasteiger partial charge in [-0.15, -0.1) is 0 Å². The molecule has 0 radical (unpaired) electrons. The van der Waals surface area contributed by atoms with Gasteiger partial charge in [0, 0.05) is 6.20 Å². The lowest BCUT2D eigenvalue weighted by Crippen LogP contribution is -2.01. The SMILES string of the molecule is O=C(O)c1cnc2c(Cl)cc(F)cn12. The van der Waals surface area contributed by atoms with Gasteiger partial charge in [0.2, 0.25) is 0 Å². The number of hydrogen-bond donors (Lipinski definition) is 1. The van der Waals surface area contributed by atoms with Crippen LogP contribution in [0.2, 0.25) is 5.02 Å². The van der Waals surface area contributed by atoms with Gasteiger partial charge in [0.1, 0.15) is 5.82 Å². The number of halogens is 2. The molecule has 2 rings (SSSR count). The molecule has 0 spiro atoms. The van der Waals surface area contributed by atoms with E-state index in [0.717, 1.165) is 22.9 Å². The molecular weight excluding hydrogens is 211 g/mol. The molecule has 2 aromatic rings. The average molecular weight is 215 g/mol. The predicted molar refractivity (Wildman–Crippen MR) is 47.1 cm³/mol. The summed E-state index contributed by atoms with van der Waals surface area (Å²) in [6.45, 7) is 0. The number of aromatic carboxylic acids is 1. The van der Waals surface area contributed by atoms with Gasteiger partial charge < -0.3 is 5.11 Å². The number of carboxylic acid groups (broad SMARTS) is 1. The van der Waals surface area contributed by atoms with E-state index in [9.17, 15) is 9.18 Å². The maximum atomic E-state index is 12.9. The Bertz CT molecular complexity index is 523. The molecule has 0 fully saturated rings. The second kappa shape index (κ2) is 2.95. The maximum absolute atomic E-state index is 12.9. The molecule has 0 saturated carbocycles. The smallest absolute Gasteiger partial charge is 0.354 e. The van der Waals surface area contributed by atoms with E-state index in [1.54, 1.807) is 0 Å². The maximum Gasteiger partial charge on any atom is 0.354 e. The Labute approximate surface area is 82.6 Å². The van der Waals surface area contributed by atoms with E-state index in [4.69, 9.17) is 16.7 Å². The summed E-state index contributed by atoms with van der Waals surface area (Å²) in [6.07, 6.45) is 2.15. The van der Waals surface area contributed by atoms with Crippen LogP contribution in [0.1, 0.15) is 10.5 Å². The van der Waals surface area contributed by atoms with Crippen molar-refractivity contribution >= 4 is 23.2 Å². The zero-order valence-electron chi connectivity index (χ0n) is 6.74. The zero-order valence-corrected chi connectivity index (χ0v) is 7.49. The molecule has 0 aromatic carbocycles. The van der Waals surface area contributed by atoms with Gasteiger partial charge in [0.05, 0.1) is 11.2 Å². The van der Waals surface area contributed by atoms with Gasteiger partial charge in [-0.05, 0) is 6.07 Å². The number of aromatic nitrogens is 2. The second-order valence-corrected chi connectivity index (χ2v) is 3.06. The minimum Gasteiger partial charge on any atom is -0.477 e. The topological polar surface area (TPSA) is 54.6 Å². The van der Waals surface area contributed by atoms with Crippen molar-refractivity contribution in [3.8, 4) is 0 Å². The van der Waals surface area contributed by atoms with Crippen molar-refractivity contribution in [1.29, 1.82) is 0 Å². The molecule has 4 nitrogen and oxygen atoms in total. The Hall–Kier alpha value is -1.62. The highest BCUT2D eigenvalue weighted by atomic mass is 35.5. The van der Waals surface area contributed by atoms with Crippen molar-refractivity contribution < 1.29 is 14.3 Å². The summed E-state index contributed by atoms with van der Waals surface area (Å²) >= 11 is 5.66. The monoisotopic (exact) mass is 214 g/mol. The van der Waals surface area contributed by atoms with E-state index in [1.165, 1.54) is 0 Å². The molecule has 2 aromatic heterocycles. The first-order chi connectivity index (χ1) is 6.59. The molecule has 0 bridgehead atoms. The van der Waals surface area contributed by atoms with Crippen molar-refractivity contribution in [1.82, 2.24) is 9.38 Å². The zero-order chi connectivity index (χ0) is 10.3. The summed E-state index contributed by atoms with van der Waals surface area (Å²) < 4.78 is 14.0. The fourth-order valence-corrected chi connectivity index (χ4v) is 1.42. The highest BCUT2D eigenvalue weighted by Gasteiger charge is 2.13. The predicted octanol–water partition coefficient (Wildman–Crippen LogP) is 1.82. The number of pyridine rings is 1. The average Bonchev–Trinajstić information content (AvgIpc) is 2.47. The van der Waals surface area contributed by atoms with E-state index < -0.39 is 11.8 Å². The Kier molecular flexibility index (Phi) is 1.89. The van der Waals surface area contributed by atoms with Gasteiger partial charge in [-0.1, -0.05) is 11.6 Å². The normalized spacial score (nSPS) is 10.7. The van der Waals surface area contributed by atoms with Crippen LogP contribution in [0, 0.1) is 5.82 Å². The summed E-state index contributed by atoms with van der Waals surface area (Å²) in [5.41, 5.74) is 0.104. The van der Waals surface area contributed by atoms with E-state index in [-0.39, 0.29) is 16.4 Å². The van der Waals surface area contributed by atoms with Crippen LogP contribution < -0.4 is 0 Å². The van der Waals surface area contributed by atoms with Crippen LogP contribution in [-0.2, 0) is 0 Å². The Morgan fingerprint density at radius 1 is 1.64 bits per heavy atom. The van der Waals surface area contributed by atoms with Gasteiger partial charge in [0.15, 0.2) is 11.3 Å². The number of carbonyl (C=O) groups is 1. The molecule has 0 atom stereocenters. The third kappa shape index (κ3) is 1.22. The Morgan fingerprint density at radius 3 is 3.00 bits per heavy atom. The fraction of sp³-hybridized carbons (Fsp3) is 0. The van der Waals surface area contributed by atoms with Crippen LogP contribution in [0.4, 0.5) is 4.39 Å². The van der Waals surface area contributed by atoms with Crippen LogP contribution >= 0.6 is 11.6 Å². The van der Waals surface area contributed by atoms with Gasteiger partial charge in [-0.25, -0.2) is 14.2 Å². The standard InChI is InChI=1S/C8H4ClFN2O2/c9-5-1-4(10)3-12-6(8(13)14)2-11-7(5)12/h1-3H,(H,13,14). The van der Waals surface area contributed by atoms with Crippen molar-refractivity contribution in [2.75, 3.05) is 0 Å². The molecule has 0 amide bonds. The summed E-state index contributed by atoms with van der Waals surface area (Å²) in [7, 11) is 0. The summed E-state index contributed by atoms with van der Waals surface area (Å²) in [6, 6.07) is 1.08. The van der Waals surface area contributed by atoms with Crippen molar-refractivity contribution in [2.45, 2.75) is 0 Å². The first-order valence-corrected chi connectivity index (χ1v) is 4.03. The van der Waals surface area contributed by atoms with Crippen LogP contribution in [0.15, 0.2) is 18.5 Å². The summed E-state index contributed by atoms with van der Waals surface area (Å²) in [4.78, 5) is 14.4. The Morgan fingerprint density at radius 2 is 2.36 bits per heavy atom. The van der Waals surface area contributed by atoms with E-state index >= 15 is 0 Å². The minimum absolute atomic E-state index is 0.0810. The fourth-order valence-electron chi connectivity index (χ4n) is 1.17. The summed E-state index contributed by atoms with van der Waals surface area (Å²) in [5.74, 6) is -1.79. The van der Waals surface area contributed by atoms with Crippen LogP contribution in [0.3, 0.4) is 0 Å². The van der Waals surface area contributed by atoms with Crippen LogP contribution in [0.5, 0.6) is 0 Å². The van der Waals surface area contributed by atoms with Crippen LogP contribution in [-0.4, -0.2) is 20.5 Å². The largest absolute Gasteiger partial charge is 0.477 e. The van der Waals surface area contributed by atoms with Crippen molar-refractivity contribution in [2.24, 2.45) is 0 Å². The van der Waals surface area contributed by atoms with E-state index in [2.05, 4.69) is 4.98 Å². The number of carboxylic acids is 1. The van der Waals surface area contributed by atoms with Gasteiger partial charge in [-0.2, -0.15) is 0 Å². The van der Waals surface area contributed by atoms with Gasteiger partial charge >= 0.3 is 5.97 Å². The van der Waals surface area contributed by atoms with Gasteiger partial charge in [0.25, 0.3) is 0 Å². The highest BCUT2D eigenvalue weighted by Crippen LogP contribution is 2.18. The molecular formula is C8H4ClFN2O2. The molecule has 0 saturated heterocycles. The number of hydrogen-bond acceptors (Lipinski definition) is 2. The summed E-state index contributed by atoms with van der Waals surface area (Å²) in [5, 5.41) is 8.81. The number of imidazole rings is 1. The minimum atomic E-state index is -1.18. The number of rotatable bonds is 1. The first-order valence-electron chi connectivity index (χ1n) is 3.65. The quantitative estimate of drug-likeness (QED) is 0.788. The molecule has 72 valence electrons. The third-order valence-electron chi connectivity index (χ3n) is 1.75. The van der Waals surface area contributed by atoms with E-state index in [0.29, 0.717) is 0 Å². The third-order valence-corrected chi connectivity index (χ3v) is 2.02. The molecule has 0 aliphatic rings. The van der Waals surface area contributed by atoms with Crippen molar-refractivity contribution in [3.05, 3.63) is 35.0 Å². The molecule has 0 unspecified atom stereocenters. The lowest BCUT2D eigenvalue weighted by Gasteiger charge is -1.98. The first kappa shape index (κ1) is 8.96. The molecule has 6 heteroatoms. The Balaban J connectivity index is 2.85. The van der Waals surface area contributed by atoms with E-state index in [1.807, 2.05) is 0 Å².